The normalized spacial score (nSPS) is 30.1. The highest BCUT2D eigenvalue weighted by atomic mass is 16.4. The van der Waals surface area contributed by atoms with E-state index in [1.807, 2.05) is 0 Å². The van der Waals surface area contributed by atoms with E-state index < -0.39 is 6.09 Å². The fourth-order valence-electron chi connectivity index (χ4n) is 3.06. The summed E-state index contributed by atoms with van der Waals surface area (Å²) < 4.78 is 0. The first-order valence-electron chi connectivity index (χ1n) is 6.43. The molecule has 1 aliphatic carbocycles. The molecule has 1 saturated carbocycles. The second-order valence-electron chi connectivity index (χ2n) is 6.33. The Hall–Kier alpha value is -0.770. The van der Waals surface area contributed by atoms with E-state index in [0.717, 1.165) is 19.3 Å². The van der Waals surface area contributed by atoms with Crippen LogP contribution in [0.1, 0.15) is 40.0 Å². The van der Waals surface area contributed by atoms with Gasteiger partial charge in [0.15, 0.2) is 0 Å². The van der Waals surface area contributed by atoms with Gasteiger partial charge in [-0.05, 0) is 43.1 Å². The molecule has 3 N–H and O–H groups in total. The van der Waals surface area contributed by atoms with E-state index in [2.05, 4.69) is 20.8 Å². The molecule has 1 aliphatic rings. The van der Waals surface area contributed by atoms with Crippen LogP contribution in [-0.2, 0) is 0 Å². The first-order valence-corrected chi connectivity index (χ1v) is 6.43. The monoisotopic (exact) mass is 242 g/mol. The van der Waals surface area contributed by atoms with Crippen molar-refractivity contribution in [1.29, 1.82) is 0 Å². The lowest BCUT2D eigenvalue weighted by molar-refractivity contribution is 0.0528. The van der Waals surface area contributed by atoms with E-state index in [-0.39, 0.29) is 11.5 Å². The zero-order chi connectivity index (χ0) is 13.2. The van der Waals surface area contributed by atoms with Crippen molar-refractivity contribution in [3.63, 3.8) is 0 Å². The molecule has 1 amide bonds. The van der Waals surface area contributed by atoms with E-state index in [1.165, 1.54) is 4.90 Å². The number of nitrogens with two attached hydrogens (primary N) is 1. The maximum absolute atomic E-state index is 11.0. The third-order valence-electron chi connectivity index (χ3n) is 4.23. The van der Waals surface area contributed by atoms with E-state index >= 15 is 0 Å². The smallest absolute Gasteiger partial charge is 0.407 e. The van der Waals surface area contributed by atoms with Gasteiger partial charge in [0, 0.05) is 13.1 Å². The molecule has 1 rings (SSSR count). The standard InChI is InChI=1S/C13H26N2O2/c1-13(2,3)11-7-10(15(4)12(16)17)6-5-9(11)8-14/h9-11H,5-8,14H2,1-4H3,(H,16,17)/t9-,10+,11?/m0/s1. The molecule has 0 heterocycles. The first-order chi connectivity index (χ1) is 7.77. The van der Waals surface area contributed by atoms with Crippen molar-refractivity contribution in [3.8, 4) is 0 Å². The van der Waals surface area contributed by atoms with Crippen molar-refractivity contribution in [2.24, 2.45) is 23.0 Å². The highest BCUT2D eigenvalue weighted by Gasteiger charge is 2.38. The van der Waals surface area contributed by atoms with Gasteiger partial charge < -0.3 is 15.7 Å². The quantitative estimate of drug-likeness (QED) is 0.781. The van der Waals surface area contributed by atoms with Gasteiger partial charge in [-0.2, -0.15) is 0 Å². The summed E-state index contributed by atoms with van der Waals surface area (Å²) >= 11 is 0. The summed E-state index contributed by atoms with van der Waals surface area (Å²) in [6.45, 7) is 7.39. The number of carboxylic acid groups (broad SMARTS) is 1. The molecule has 1 fully saturated rings. The maximum atomic E-state index is 11.0. The van der Waals surface area contributed by atoms with Crippen LogP contribution in [0.2, 0.25) is 0 Å². The average Bonchev–Trinajstić information content (AvgIpc) is 2.25. The number of hydrogen-bond acceptors (Lipinski definition) is 2. The largest absolute Gasteiger partial charge is 0.465 e. The molecule has 0 aromatic carbocycles. The average molecular weight is 242 g/mol. The maximum Gasteiger partial charge on any atom is 0.407 e. The number of rotatable bonds is 2. The summed E-state index contributed by atoms with van der Waals surface area (Å²) in [4.78, 5) is 12.5. The van der Waals surface area contributed by atoms with Crippen molar-refractivity contribution in [2.45, 2.75) is 46.1 Å². The molecule has 0 aromatic heterocycles. The molecular formula is C13H26N2O2. The Morgan fingerprint density at radius 2 is 2.00 bits per heavy atom. The minimum absolute atomic E-state index is 0.152. The number of carbonyl (C=O) groups is 1. The third-order valence-corrected chi connectivity index (χ3v) is 4.23. The first kappa shape index (κ1) is 14.3. The summed E-state index contributed by atoms with van der Waals surface area (Å²) in [6, 6.07) is 0.152. The Bertz CT molecular complexity index is 273. The zero-order valence-corrected chi connectivity index (χ0v) is 11.4. The molecule has 0 bridgehead atoms. The third kappa shape index (κ3) is 3.35. The summed E-state index contributed by atoms with van der Waals surface area (Å²) in [6.07, 6.45) is 2.10. The Morgan fingerprint density at radius 3 is 2.41 bits per heavy atom. The second-order valence-corrected chi connectivity index (χ2v) is 6.33. The second kappa shape index (κ2) is 5.25. The number of nitrogens with zero attached hydrogens (tertiary/aromatic N) is 1. The van der Waals surface area contributed by atoms with Crippen LogP contribution >= 0.6 is 0 Å². The van der Waals surface area contributed by atoms with Crippen LogP contribution in [0.5, 0.6) is 0 Å². The van der Waals surface area contributed by atoms with Gasteiger partial charge in [-0.25, -0.2) is 4.79 Å². The van der Waals surface area contributed by atoms with Crippen molar-refractivity contribution in [3.05, 3.63) is 0 Å². The molecule has 17 heavy (non-hydrogen) atoms. The van der Waals surface area contributed by atoms with Crippen LogP contribution in [0, 0.1) is 17.3 Å². The molecule has 3 atom stereocenters. The van der Waals surface area contributed by atoms with Crippen LogP contribution < -0.4 is 5.73 Å². The summed E-state index contributed by atoms with van der Waals surface area (Å²) in [7, 11) is 1.68. The van der Waals surface area contributed by atoms with Gasteiger partial charge >= 0.3 is 6.09 Å². The Labute approximate surface area is 104 Å². The summed E-state index contributed by atoms with van der Waals surface area (Å²) in [5, 5.41) is 9.05. The number of amides is 1. The minimum atomic E-state index is -0.825. The molecule has 0 aliphatic heterocycles. The summed E-state index contributed by atoms with van der Waals surface area (Å²) in [5.41, 5.74) is 6.04. The molecule has 4 heteroatoms. The van der Waals surface area contributed by atoms with Gasteiger partial charge in [-0.3, -0.25) is 0 Å². The van der Waals surface area contributed by atoms with Gasteiger partial charge in [-0.1, -0.05) is 20.8 Å². The highest BCUT2D eigenvalue weighted by Crippen LogP contribution is 2.42. The van der Waals surface area contributed by atoms with Crippen molar-refractivity contribution < 1.29 is 9.90 Å². The fourth-order valence-corrected chi connectivity index (χ4v) is 3.06. The van der Waals surface area contributed by atoms with Crippen LogP contribution in [0.4, 0.5) is 4.79 Å². The van der Waals surface area contributed by atoms with E-state index in [1.54, 1.807) is 7.05 Å². The molecular weight excluding hydrogens is 216 g/mol. The van der Waals surface area contributed by atoms with Crippen LogP contribution in [-0.4, -0.2) is 35.7 Å². The SMILES string of the molecule is CN(C(=O)O)[C@@H]1CC[C@@H](CN)C(C(C)(C)C)C1. The molecule has 4 nitrogen and oxygen atoms in total. The van der Waals surface area contributed by atoms with Gasteiger partial charge in [0.05, 0.1) is 0 Å². The Balaban J connectivity index is 2.76. The zero-order valence-electron chi connectivity index (χ0n) is 11.4. The van der Waals surface area contributed by atoms with Gasteiger partial charge in [0.2, 0.25) is 0 Å². The van der Waals surface area contributed by atoms with E-state index in [4.69, 9.17) is 10.8 Å². The van der Waals surface area contributed by atoms with Crippen LogP contribution in [0.3, 0.4) is 0 Å². The predicted octanol–water partition coefficient (Wildman–Crippen LogP) is 2.39. The van der Waals surface area contributed by atoms with E-state index in [9.17, 15) is 4.79 Å². The van der Waals surface area contributed by atoms with Crippen molar-refractivity contribution in [1.82, 2.24) is 4.90 Å². The van der Waals surface area contributed by atoms with Gasteiger partial charge in [0.25, 0.3) is 0 Å². The van der Waals surface area contributed by atoms with Crippen molar-refractivity contribution in [2.75, 3.05) is 13.6 Å². The number of hydrogen-bond donors (Lipinski definition) is 2. The van der Waals surface area contributed by atoms with Crippen molar-refractivity contribution >= 4 is 6.09 Å². The van der Waals surface area contributed by atoms with Gasteiger partial charge in [0.1, 0.15) is 0 Å². The van der Waals surface area contributed by atoms with E-state index in [0.29, 0.717) is 18.4 Å². The lowest BCUT2D eigenvalue weighted by Crippen LogP contribution is -2.46. The molecule has 1 unspecified atom stereocenters. The van der Waals surface area contributed by atoms with Crippen LogP contribution in [0.25, 0.3) is 0 Å². The summed E-state index contributed by atoms with van der Waals surface area (Å²) in [5.74, 6) is 1.04. The lowest BCUT2D eigenvalue weighted by atomic mass is 9.65. The lowest BCUT2D eigenvalue weighted by Gasteiger charge is -2.44. The molecule has 0 radical (unpaired) electrons. The topological polar surface area (TPSA) is 66.6 Å². The Kier molecular flexibility index (Phi) is 4.42. The molecule has 0 spiro atoms. The molecule has 0 aromatic rings. The van der Waals surface area contributed by atoms with Crippen LogP contribution in [0.15, 0.2) is 0 Å². The van der Waals surface area contributed by atoms with Gasteiger partial charge in [-0.15, -0.1) is 0 Å². The predicted molar refractivity (Wildman–Crippen MR) is 68.9 cm³/mol. The minimum Gasteiger partial charge on any atom is -0.465 e. The molecule has 0 saturated heterocycles. The Morgan fingerprint density at radius 1 is 1.41 bits per heavy atom. The fraction of sp³-hybridized carbons (Fsp3) is 0.923. The highest BCUT2D eigenvalue weighted by molar-refractivity contribution is 5.64. The molecule has 100 valence electrons.